The highest BCUT2D eigenvalue weighted by Crippen LogP contribution is 2.26. The van der Waals surface area contributed by atoms with Crippen LogP contribution in [0.25, 0.3) is 0 Å². The maximum absolute atomic E-state index is 9.09. The van der Waals surface area contributed by atoms with Gasteiger partial charge in [0.25, 0.3) is 0 Å². The molecule has 2 atom stereocenters. The van der Waals surface area contributed by atoms with Crippen molar-refractivity contribution in [2.45, 2.75) is 51.6 Å². The van der Waals surface area contributed by atoms with Gasteiger partial charge in [0.1, 0.15) is 0 Å². The second-order valence-electron chi connectivity index (χ2n) is 4.87. The van der Waals surface area contributed by atoms with Crippen LogP contribution in [0, 0.1) is 5.92 Å². The van der Waals surface area contributed by atoms with Gasteiger partial charge in [-0.05, 0) is 39.5 Å². The van der Waals surface area contributed by atoms with Gasteiger partial charge < -0.3 is 10.4 Å². The molecule has 1 aliphatic rings. The molecule has 12 heavy (non-hydrogen) atoms. The molecule has 0 aliphatic heterocycles. The lowest BCUT2D eigenvalue weighted by molar-refractivity contribution is 0.190. The quantitative estimate of drug-likeness (QED) is 0.660. The Labute approximate surface area is 75.4 Å². The minimum absolute atomic E-state index is 0.183. The van der Waals surface area contributed by atoms with E-state index in [4.69, 9.17) is 5.11 Å². The first-order valence-electron chi connectivity index (χ1n) is 4.91. The number of nitrogens with one attached hydrogen (secondary N) is 1. The predicted molar refractivity (Wildman–Crippen MR) is 51.1 cm³/mol. The second kappa shape index (κ2) is 3.75. The Hall–Kier alpha value is -0.0800. The maximum atomic E-state index is 9.09. The molecule has 0 amide bonds. The summed E-state index contributed by atoms with van der Waals surface area (Å²) in [7, 11) is 0. The molecule has 0 radical (unpaired) electrons. The van der Waals surface area contributed by atoms with Gasteiger partial charge in [0.15, 0.2) is 0 Å². The van der Waals surface area contributed by atoms with Crippen LogP contribution in [0.3, 0.4) is 0 Å². The van der Waals surface area contributed by atoms with Gasteiger partial charge in [-0.2, -0.15) is 0 Å². The van der Waals surface area contributed by atoms with Gasteiger partial charge in [0.2, 0.25) is 0 Å². The number of hydrogen-bond donors (Lipinski definition) is 2. The molecular weight excluding hydrogens is 150 g/mol. The van der Waals surface area contributed by atoms with Crippen LogP contribution in [0.1, 0.15) is 40.0 Å². The molecule has 2 unspecified atom stereocenters. The lowest BCUT2D eigenvalue weighted by Gasteiger charge is -2.29. The van der Waals surface area contributed by atoms with E-state index in [2.05, 4.69) is 26.1 Å². The van der Waals surface area contributed by atoms with Crippen molar-refractivity contribution in [2.24, 2.45) is 5.92 Å². The van der Waals surface area contributed by atoms with Crippen LogP contribution in [-0.2, 0) is 0 Å². The summed E-state index contributed by atoms with van der Waals surface area (Å²) < 4.78 is 0. The van der Waals surface area contributed by atoms with E-state index in [0.29, 0.717) is 18.6 Å². The Kier molecular flexibility index (Phi) is 3.13. The van der Waals surface area contributed by atoms with Crippen molar-refractivity contribution >= 4 is 0 Å². The van der Waals surface area contributed by atoms with Gasteiger partial charge in [0.05, 0.1) is 0 Å². The van der Waals surface area contributed by atoms with Crippen molar-refractivity contribution in [3.8, 4) is 0 Å². The molecule has 0 heterocycles. The van der Waals surface area contributed by atoms with Gasteiger partial charge >= 0.3 is 0 Å². The van der Waals surface area contributed by atoms with Gasteiger partial charge in [0, 0.05) is 18.2 Å². The lowest BCUT2D eigenvalue weighted by atomic mass is 10.0. The summed E-state index contributed by atoms with van der Waals surface area (Å²) in [5, 5.41) is 12.7. The van der Waals surface area contributed by atoms with Crippen LogP contribution in [0.2, 0.25) is 0 Å². The zero-order chi connectivity index (χ0) is 9.19. The average molecular weight is 171 g/mol. The smallest absolute Gasteiger partial charge is 0.0474 e. The Morgan fingerprint density at radius 2 is 2.00 bits per heavy atom. The van der Waals surface area contributed by atoms with Crippen molar-refractivity contribution in [2.75, 3.05) is 6.61 Å². The highest BCUT2D eigenvalue weighted by molar-refractivity contribution is 4.87. The molecule has 0 aromatic rings. The molecule has 0 saturated heterocycles. The Morgan fingerprint density at radius 1 is 1.33 bits per heavy atom. The van der Waals surface area contributed by atoms with E-state index in [-0.39, 0.29) is 5.54 Å². The predicted octanol–water partition coefficient (Wildman–Crippen LogP) is 1.54. The van der Waals surface area contributed by atoms with Crippen molar-refractivity contribution in [1.82, 2.24) is 5.32 Å². The van der Waals surface area contributed by atoms with E-state index in [0.717, 1.165) is 0 Å². The topological polar surface area (TPSA) is 32.3 Å². The van der Waals surface area contributed by atoms with Crippen LogP contribution in [0.5, 0.6) is 0 Å². The molecule has 0 bridgehead atoms. The van der Waals surface area contributed by atoms with Crippen LogP contribution in [-0.4, -0.2) is 23.3 Å². The molecular formula is C10H21NO. The molecule has 2 heteroatoms. The maximum Gasteiger partial charge on any atom is 0.0474 e. The molecule has 2 nitrogen and oxygen atoms in total. The normalized spacial score (nSPS) is 31.0. The van der Waals surface area contributed by atoms with Crippen molar-refractivity contribution in [1.29, 1.82) is 0 Å². The summed E-state index contributed by atoms with van der Waals surface area (Å²) in [5.74, 6) is 0.490. The fourth-order valence-corrected chi connectivity index (χ4v) is 2.00. The average Bonchev–Trinajstić information content (AvgIpc) is 2.31. The van der Waals surface area contributed by atoms with Crippen molar-refractivity contribution in [3.63, 3.8) is 0 Å². The third-order valence-electron chi connectivity index (χ3n) is 2.51. The van der Waals surface area contributed by atoms with Gasteiger partial charge in [-0.25, -0.2) is 0 Å². The summed E-state index contributed by atoms with van der Waals surface area (Å²) in [6, 6.07) is 0.537. The monoisotopic (exact) mass is 171 g/mol. The zero-order valence-electron chi connectivity index (χ0n) is 8.43. The first-order chi connectivity index (χ1) is 5.53. The molecule has 1 fully saturated rings. The lowest BCUT2D eigenvalue weighted by Crippen LogP contribution is -2.46. The third-order valence-corrected chi connectivity index (χ3v) is 2.51. The fourth-order valence-electron chi connectivity index (χ4n) is 2.00. The highest BCUT2D eigenvalue weighted by Gasteiger charge is 2.29. The summed E-state index contributed by atoms with van der Waals surface area (Å²) in [6.45, 7) is 6.88. The van der Waals surface area contributed by atoms with Gasteiger partial charge in [-0.15, -0.1) is 0 Å². The number of rotatable bonds is 2. The van der Waals surface area contributed by atoms with Crippen LogP contribution in [0.4, 0.5) is 0 Å². The molecule has 2 N–H and O–H groups in total. The standard InChI is InChI=1S/C10H21NO/c1-10(2,3)11-9-6-4-5-8(9)7-12/h8-9,11-12H,4-7H2,1-3H3. The van der Waals surface area contributed by atoms with E-state index in [1.165, 1.54) is 19.3 Å². The number of aliphatic hydroxyl groups excluding tert-OH is 1. The molecule has 72 valence electrons. The molecule has 0 aromatic carbocycles. The molecule has 0 spiro atoms. The number of aliphatic hydroxyl groups is 1. The van der Waals surface area contributed by atoms with E-state index in [9.17, 15) is 0 Å². The second-order valence-corrected chi connectivity index (χ2v) is 4.87. The molecule has 1 rings (SSSR count). The third kappa shape index (κ3) is 2.76. The van der Waals surface area contributed by atoms with Crippen LogP contribution >= 0.6 is 0 Å². The first-order valence-corrected chi connectivity index (χ1v) is 4.91. The van der Waals surface area contributed by atoms with E-state index >= 15 is 0 Å². The van der Waals surface area contributed by atoms with E-state index in [1.807, 2.05) is 0 Å². The minimum Gasteiger partial charge on any atom is -0.396 e. The minimum atomic E-state index is 0.183. The largest absolute Gasteiger partial charge is 0.396 e. The van der Waals surface area contributed by atoms with Crippen LogP contribution < -0.4 is 5.32 Å². The molecule has 1 aliphatic carbocycles. The summed E-state index contributed by atoms with van der Waals surface area (Å²) in [4.78, 5) is 0. The molecule has 1 saturated carbocycles. The van der Waals surface area contributed by atoms with E-state index < -0.39 is 0 Å². The van der Waals surface area contributed by atoms with Crippen LogP contribution in [0.15, 0.2) is 0 Å². The Bertz CT molecular complexity index is 139. The summed E-state index contributed by atoms with van der Waals surface area (Å²) >= 11 is 0. The SMILES string of the molecule is CC(C)(C)NC1CCCC1CO. The molecule has 0 aromatic heterocycles. The van der Waals surface area contributed by atoms with Crippen molar-refractivity contribution in [3.05, 3.63) is 0 Å². The van der Waals surface area contributed by atoms with Gasteiger partial charge in [-0.1, -0.05) is 6.42 Å². The highest BCUT2D eigenvalue weighted by atomic mass is 16.3. The zero-order valence-corrected chi connectivity index (χ0v) is 8.43. The Morgan fingerprint density at radius 3 is 2.50 bits per heavy atom. The summed E-state index contributed by atoms with van der Waals surface area (Å²) in [5.41, 5.74) is 0.183. The Balaban J connectivity index is 2.41. The fraction of sp³-hybridized carbons (Fsp3) is 1.00. The number of hydrogen-bond acceptors (Lipinski definition) is 2. The first kappa shape index (κ1) is 10.0. The summed E-state index contributed by atoms with van der Waals surface area (Å²) in [6.07, 6.45) is 3.67. The van der Waals surface area contributed by atoms with Gasteiger partial charge in [-0.3, -0.25) is 0 Å². The van der Waals surface area contributed by atoms with Crippen molar-refractivity contribution < 1.29 is 5.11 Å². The van der Waals surface area contributed by atoms with E-state index in [1.54, 1.807) is 0 Å².